The van der Waals surface area contributed by atoms with Crippen LogP contribution in [0.5, 0.6) is 5.75 Å². The lowest BCUT2D eigenvalue weighted by molar-refractivity contribution is 0.270. The largest absolute Gasteiger partial charge is 0.491 e. The van der Waals surface area contributed by atoms with Crippen molar-refractivity contribution in [1.29, 1.82) is 5.26 Å². The fraction of sp³-hybridized carbons (Fsp3) is 0.235. The average molecular weight is 330 g/mol. The zero-order chi connectivity index (χ0) is 16.7. The third kappa shape index (κ3) is 5.09. The van der Waals surface area contributed by atoms with Crippen molar-refractivity contribution in [3.05, 3.63) is 65.7 Å². The number of ether oxygens (including phenoxy) is 1. The highest BCUT2D eigenvalue weighted by Gasteiger charge is 2.17. The molecule has 0 aliphatic heterocycles. The van der Waals surface area contributed by atoms with E-state index in [0.717, 1.165) is 5.56 Å². The zero-order valence-electron chi connectivity index (χ0n) is 12.8. The number of nitrogens with zero attached hydrogens (tertiary/aromatic N) is 2. The first-order valence-electron chi connectivity index (χ1n) is 7.11. The lowest BCUT2D eigenvalue weighted by Gasteiger charge is -2.20. The molecule has 0 aromatic heterocycles. The summed E-state index contributed by atoms with van der Waals surface area (Å²) in [7, 11) is -3.34. The van der Waals surface area contributed by atoms with Crippen molar-refractivity contribution in [3.8, 4) is 11.8 Å². The highest BCUT2D eigenvalue weighted by Crippen LogP contribution is 2.16. The van der Waals surface area contributed by atoms with Crippen LogP contribution in [-0.4, -0.2) is 32.1 Å². The van der Waals surface area contributed by atoms with Crippen molar-refractivity contribution < 1.29 is 13.2 Å². The van der Waals surface area contributed by atoms with E-state index in [1.165, 1.54) is 10.6 Å². The molecule has 5 nitrogen and oxygen atoms in total. The Morgan fingerprint density at radius 2 is 1.74 bits per heavy atom. The van der Waals surface area contributed by atoms with Crippen molar-refractivity contribution in [2.75, 3.05) is 19.4 Å². The van der Waals surface area contributed by atoms with E-state index in [1.807, 2.05) is 36.4 Å². The lowest BCUT2D eigenvalue weighted by atomic mass is 10.2. The Bertz CT molecular complexity index is 783. The number of nitriles is 1. The minimum atomic E-state index is -3.34. The minimum absolute atomic E-state index is 0.179. The molecule has 23 heavy (non-hydrogen) atoms. The third-order valence-corrected chi connectivity index (χ3v) is 4.53. The molecule has 0 fully saturated rings. The molecule has 120 valence electrons. The van der Waals surface area contributed by atoms with Crippen molar-refractivity contribution in [3.63, 3.8) is 0 Å². The van der Waals surface area contributed by atoms with Gasteiger partial charge in [0, 0.05) is 13.1 Å². The molecule has 0 N–H and O–H groups in total. The van der Waals surface area contributed by atoms with Crippen molar-refractivity contribution in [1.82, 2.24) is 4.31 Å². The molecule has 0 atom stereocenters. The van der Waals surface area contributed by atoms with E-state index < -0.39 is 10.0 Å². The molecule has 0 amide bonds. The average Bonchev–Trinajstić information content (AvgIpc) is 2.54. The molecular formula is C17H18N2O3S. The summed E-state index contributed by atoms with van der Waals surface area (Å²) in [6, 6.07) is 18.3. The number of hydrogen-bond donors (Lipinski definition) is 0. The van der Waals surface area contributed by atoms with Crippen molar-refractivity contribution in [2.24, 2.45) is 0 Å². The van der Waals surface area contributed by atoms with Crippen LogP contribution in [0.1, 0.15) is 11.1 Å². The van der Waals surface area contributed by atoms with Crippen LogP contribution < -0.4 is 4.74 Å². The van der Waals surface area contributed by atoms with Crippen molar-refractivity contribution in [2.45, 2.75) is 6.54 Å². The predicted molar refractivity (Wildman–Crippen MR) is 88.3 cm³/mol. The number of sulfonamides is 1. The molecule has 6 heteroatoms. The Balaban J connectivity index is 2.01. The van der Waals surface area contributed by atoms with Gasteiger partial charge in [-0.15, -0.1) is 0 Å². The molecule has 0 saturated carbocycles. The fourth-order valence-electron chi connectivity index (χ4n) is 2.09. The van der Waals surface area contributed by atoms with E-state index in [4.69, 9.17) is 10.00 Å². The van der Waals surface area contributed by atoms with Gasteiger partial charge in [0.2, 0.25) is 10.0 Å². The SMILES string of the molecule is CS(=O)(=O)N(CCOc1ccccc1C#N)Cc1ccccc1. The van der Waals surface area contributed by atoms with Crippen LogP contribution in [0.2, 0.25) is 0 Å². The smallest absolute Gasteiger partial charge is 0.211 e. The second-order valence-corrected chi connectivity index (χ2v) is 7.02. The molecule has 0 aliphatic rings. The van der Waals surface area contributed by atoms with E-state index in [-0.39, 0.29) is 13.2 Å². The maximum atomic E-state index is 11.9. The molecule has 2 aromatic rings. The molecule has 0 heterocycles. The highest BCUT2D eigenvalue weighted by molar-refractivity contribution is 7.88. The molecule has 2 aromatic carbocycles. The van der Waals surface area contributed by atoms with Crippen molar-refractivity contribution >= 4 is 10.0 Å². The van der Waals surface area contributed by atoms with Crippen LogP contribution in [0, 0.1) is 11.3 Å². The summed E-state index contributed by atoms with van der Waals surface area (Å²) in [6.45, 7) is 0.690. The lowest BCUT2D eigenvalue weighted by Crippen LogP contribution is -2.33. The summed E-state index contributed by atoms with van der Waals surface area (Å²) in [5.41, 5.74) is 1.34. The van der Waals surface area contributed by atoms with E-state index in [0.29, 0.717) is 17.9 Å². The second kappa shape index (κ2) is 7.77. The van der Waals surface area contributed by atoms with Gasteiger partial charge in [0.15, 0.2) is 0 Å². The molecule has 0 spiro atoms. The Morgan fingerprint density at radius 3 is 2.39 bits per heavy atom. The van der Waals surface area contributed by atoms with E-state index >= 15 is 0 Å². The minimum Gasteiger partial charge on any atom is -0.491 e. The van der Waals surface area contributed by atoms with Crippen LogP contribution in [-0.2, 0) is 16.6 Å². The summed E-state index contributed by atoms with van der Waals surface area (Å²) >= 11 is 0. The quantitative estimate of drug-likeness (QED) is 0.781. The standard InChI is InChI=1S/C17H18N2O3S/c1-23(20,21)19(14-15-7-3-2-4-8-15)11-12-22-17-10-6-5-9-16(17)13-18/h2-10H,11-12,14H2,1H3. The van der Waals surface area contributed by atoms with E-state index in [9.17, 15) is 8.42 Å². The summed E-state index contributed by atoms with van der Waals surface area (Å²) in [4.78, 5) is 0. The van der Waals surface area contributed by atoms with Gasteiger partial charge in [0.25, 0.3) is 0 Å². The zero-order valence-corrected chi connectivity index (χ0v) is 13.7. The molecule has 0 unspecified atom stereocenters. The molecule has 0 saturated heterocycles. The van der Waals surface area contributed by atoms with Gasteiger partial charge in [-0.25, -0.2) is 8.42 Å². The Morgan fingerprint density at radius 1 is 1.09 bits per heavy atom. The molecule has 0 bridgehead atoms. The summed E-state index contributed by atoms with van der Waals surface area (Å²) < 4.78 is 30.8. The summed E-state index contributed by atoms with van der Waals surface area (Å²) in [5.74, 6) is 0.461. The normalized spacial score (nSPS) is 11.2. The molecule has 0 radical (unpaired) electrons. The number of benzene rings is 2. The first-order chi connectivity index (χ1) is 11.0. The van der Waals surface area contributed by atoms with Gasteiger partial charge >= 0.3 is 0 Å². The van der Waals surface area contributed by atoms with Gasteiger partial charge in [0.05, 0.1) is 11.8 Å². The Labute approximate surface area is 136 Å². The van der Waals surface area contributed by atoms with Gasteiger partial charge in [-0.05, 0) is 17.7 Å². The second-order valence-electron chi connectivity index (χ2n) is 5.04. The first-order valence-corrected chi connectivity index (χ1v) is 8.96. The van der Waals surface area contributed by atoms with E-state index in [1.54, 1.807) is 24.3 Å². The first kappa shape index (κ1) is 17.0. The van der Waals surface area contributed by atoms with Crippen LogP contribution in [0.3, 0.4) is 0 Å². The molecular weight excluding hydrogens is 312 g/mol. The van der Waals surface area contributed by atoms with Crippen LogP contribution in [0.15, 0.2) is 54.6 Å². The number of para-hydroxylation sites is 1. The number of rotatable bonds is 7. The number of hydrogen-bond acceptors (Lipinski definition) is 4. The molecule has 2 rings (SSSR count). The molecule has 0 aliphatic carbocycles. The van der Waals surface area contributed by atoms with Crippen LogP contribution in [0.25, 0.3) is 0 Å². The summed E-state index contributed by atoms with van der Waals surface area (Å²) in [6.07, 6.45) is 1.18. The fourth-order valence-corrected chi connectivity index (χ4v) is 2.88. The highest BCUT2D eigenvalue weighted by atomic mass is 32.2. The van der Waals surface area contributed by atoms with E-state index in [2.05, 4.69) is 0 Å². The maximum Gasteiger partial charge on any atom is 0.211 e. The topological polar surface area (TPSA) is 70.4 Å². The van der Waals surface area contributed by atoms with Gasteiger partial charge in [-0.3, -0.25) is 0 Å². The summed E-state index contributed by atoms with van der Waals surface area (Å²) in [5, 5.41) is 9.01. The van der Waals surface area contributed by atoms with Gasteiger partial charge in [-0.2, -0.15) is 9.57 Å². The van der Waals surface area contributed by atoms with Gasteiger partial charge in [-0.1, -0.05) is 42.5 Å². The van der Waals surface area contributed by atoms with Gasteiger partial charge < -0.3 is 4.74 Å². The van der Waals surface area contributed by atoms with Crippen LogP contribution in [0.4, 0.5) is 0 Å². The van der Waals surface area contributed by atoms with Crippen LogP contribution >= 0.6 is 0 Å². The third-order valence-electron chi connectivity index (χ3n) is 3.28. The Kier molecular flexibility index (Phi) is 5.74. The maximum absolute atomic E-state index is 11.9. The Hall–Kier alpha value is -2.36. The predicted octanol–water partition coefficient (Wildman–Crippen LogP) is 2.40. The van der Waals surface area contributed by atoms with Gasteiger partial charge in [0.1, 0.15) is 18.4 Å². The monoisotopic (exact) mass is 330 g/mol.